The number of ether oxygens (including phenoxy) is 2. The molecule has 0 saturated heterocycles. The summed E-state index contributed by atoms with van der Waals surface area (Å²) in [5.41, 5.74) is 14.1. The summed E-state index contributed by atoms with van der Waals surface area (Å²) >= 11 is 1.16. The highest BCUT2D eigenvalue weighted by molar-refractivity contribution is 7.21. The Morgan fingerprint density at radius 2 is 1.96 bits per heavy atom. The summed E-state index contributed by atoms with van der Waals surface area (Å²) in [5.74, 6) is 1.30. The molecule has 0 saturated carbocycles. The van der Waals surface area contributed by atoms with Gasteiger partial charge >= 0.3 is 0 Å². The van der Waals surface area contributed by atoms with E-state index in [0.717, 1.165) is 22.5 Å². The maximum absolute atomic E-state index is 11.8. The van der Waals surface area contributed by atoms with Crippen LogP contribution in [0.1, 0.15) is 9.67 Å². The first kappa shape index (κ1) is 17.9. The third kappa shape index (κ3) is 2.84. The number of nitrogens with zero attached hydrogens (tertiary/aromatic N) is 1. The van der Waals surface area contributed by atoms with Crippen LogP contribution < -0.4 is 20.9 Å². The molecule has 0 radical (unpaired) electrons. The monoisotopic (exact) mass is 395 g/mol. The van der Waals surface area contributed by atoms with Crippen molar-refractivity contribution in [3.63, 3.8) is 0 Å². The van der Waals surface area contributed by atoms with Crippen LogP contribution in [0.4, 0.5) is 5.69 Å². The molecule has 7 nitrogen and oxygen atoms in total. The van der Waals surface area contributed by atoms with Crippen LogP contribution in [-0.4, -0.2) is 25.1 Å². The van der Waals surface area contributed by atoms with E-state index in [-0.39, 0.29) is 4.88 Å². The molecule has 1 amide bonds. The molecule has 8 heteroatoms. The topological polar surface area (TPSA) is 114 Å². The Morgan fingerprint density at radius 1 is 1.14 bits per heavy atom. The van der Waals surface area contributed by atoms with Gasteiger partial charge in [0, 0.05) is 22.6 Å². The zero-order valence-electron chi connectivity index (χ0n) is 15.2. The molecule has 0 fully saturated rings. The number of methoxy groups -OCH3 is 2. The van der Waals surface area contributed by atoms with Crippen LogP contribution in [0, 0.1) is 0 Å². The van der Waals surface area contributed by atoms with Crippen molar-refractivity contribution in [3.05, 3.63) is 47.5 Å². The maximum Gasteiger partial charge on any atom is 0.260 e. The number of hydrogen-bond acceptors (Lipinski definition) is 7. The van der Waals surface area contributed by atoms with Gasteiger partial charge in [-0.3, -0.25) is 4.79 Å². The van der Waals surface area contributed by atoms with Crippen LogP contribution >= 0.6 is 11.3 Å². The lowest BCUT2D eigenvalue weighted by Gasteiger charge is -2.11. The fourth-order valence-electron chi connectivity index (χ4n) is 3.08. The highest BCUT2D eigenvalue weighted by Crippen LogP contribution is 2.42. The fourth-order valence-corrected chi connectivity index (χ4v) is 4.05. The minimum Gasteiger partial charge on any atom is -0.497 e. The number of amides is 1. The van der Waals surface area contributed by atoms with Crippen molar-refractivity contribution >= 4 is 33.1 Å². The van der Waals surface area contributed by atoms with Gasteiger partial charge in [-0.15, -0.1) is 11.3 Å². The van der Waals surface area contributed by atoms with Crippen LogP contribution in [0.25, 0.3) is 32.8 Å². The highest BCUT2D eigenvalue weighted by atomic mass is 32.1. The molecule has 0 aliphatic heterocycles. The van der Waals surface area contributed by atoms with Gasteiger partial charge in [-0.2, -0.15) is 0 Å². The average molecular weight is 395 g/mol. The average Bonchev–Trinajstić information content (AvgIpc) is 3.35. The molecular weight excluding hydrogens is 378 g/mol. The summed E-state index contributed by atoms with van der Waals surface area (Å²) in [4.78, 5) is 17.4. The standard InChI is InChI=1S/C20H17N3O4S/c1-25-10-5-6-11(15(8-10)26-2)13-9-12(14-4-3-7-27-14)16-17(21)18(19(22)24)28-20(16)23-13/h3-9H,21H2,1-2H3,(H2,22,24). The zero-order valence-corrected chi connectivity index (χ0v) is 16.0. The van der Waals surface area contributed by atoms with E-state index in [0.29, 0.717) is 38.9 Å². The Labute approximate surface area is 164 Å². The quantitative estimate of drug-likeness (QED) is 0.529. The van der Waals surface area contributed by atoms with Gasteiger partial charge in [0.2, 0.25) is 0 Å². The van der Waals surface area contributed by atoms with Crippen molar-refractivity contribution in [2.24, 2.45) is 5.73 Å². The van der Waals surface area contributed by atoms with Crippen LogP contribution in [-0.2, 0) is 0 Å². The van der Waals surface area contributed by atoms with Crippen LogP contribution in [0.2, 0.25) is 0 Å². The number of fused-ring (bicyclic) bond motifs is 1. The number of nitrogen functional groups attached to an aromatic ring is 1. The fraction of sp³-hybridized carbons (Fsp3) is 0.100. The number of pyridine rings is 1. The van der Waals surface area contributed by atoms with E-state index >= 15 is 0 Å². The van der Waals surface area contributed by atoms with E-state index in [1.54, 1.807) is 32.6 Å². The number of rotatable bonds is 5. The van der Waals surface area contributed by atoms with Gasteiger partial charge in [0.05, 0.1) is 31.9 Å². The first-order valence-corrected chi connectivity index (χ1v) is 9.14. The van der Waals surface area contributed by atoms with Crippen molar-refractivity contribution < 1.29 is 18.7 Å². The molecule has 0 aliphatic carbocycles. The van der Waals surface area contributed by atoms with Gasteiger partial charge in [-0.25, -0.2) is 4.98 Å². The number of benzene rings is 1. The number of thiophene rings is 1. The maximum atomic E-state index is 11.8. The molecular formula is C20H17N3O4S. The Hall–Kier alpha value is -3.52. The number of aromatic nitrogens is 1. The smallest absolute Gasteiger partial charge is 0.260 e. The van der Waals surface area contributed by atoms with Crippen molar-refractivity contribution in [3.8, 4) is 34.1 Å². The number of nitrogens with two attached hydrogens (primary N) is 2. The largest absolute Gasteiger partial charge is 0.497 e. The lowest BCUT2D eigenvalue weighted by molar-refractivity contribution is 0.100. The molecule has 0 aliphatic rings. The lowest BCUT2D eigenvalue weighted by Crippen LogP contribution is -2.10. The van der Waals surface area contributed by atoms with Crippen molar-refractivity contribution in [1.82, 2.24) is 4.98 Å². The second-order valence-electron chi connectivity index (χ2n) is 5.99. The molecule has 3 aromatic heterocycles. The predicted molar refractivity (Wildman–Crippen MR) is 109 cm³/mol. The summed E-state index contributed by atoms with van der Waals surface area (Å²) < 4.78 is 16.4. The first-order chi connectivity index (χ1) is 13.5. The summed E-state index contributed by atoms with van der Waals surface area (Å²) in [5, 5.41) is 0.643. The van der Waals surface area contributed by atoms with E-state index in [2.05, 4.69) is 0 Å². The van der Waals surface area contributed by atoms with E-state index in [1.807, 2.05) is 24.3 Å². The molecule has 142 valence electrons. The molecule has 28 heavy (non-hydrogen) atoms. The molecule has 3 heterocycles. The van der Waals surface area contributed by atoms with E-state index < -0.39 is 5.91 Å². The SMILES string of the molecule is COc1ccc(-c2cc(-c3ccco3)c3c(N)c(C(N)=O)sc3n2)c(OC)c1. The third-order valence-electron chi connectivity index (χ3n) is 4.39. The molecule has 4 rings (SSSR count). The Balaban J connectivity index is 2.03. The number of hydrogen-bond donors (Lipinski definition) is 2. The normalized spacial score (nSPS) is 10.9. The molecule has 0 bridgehead atoms. The van der Waals surface area contributed by atoms with Gasteiger partial charge in [-0.1, -0.05) is 0 Å². The van der Waals surface area contributed by atoms with Crippen LogP contribution in [0.5, 0.6) is 11.5 Å². The number of furan rings is 1. The summed E-state index contributed by atoms with van der Waals surface area (Å²) in [7, 11) is 3.17. The Bertz CT molecular complexity index is 1180. The van der Waals surface area contributed by atoms with Crippen molar-refractivity contribution in [2.75, 3.05) is 20.0 Å². The van der Waals surface area contributed by atoms with Gasteiger partial charge in [0.15, 0.2) is 0 Å². The number of primary amides is 1. The van der Waals surface area contributed by atoms with Gasteiger partial charge < -0.3 is 25.4 Å². The molecule has 1 aromatic carbocycles. The molecule has 0 spiro atoms. The van der Waals surface area contributed by atoms with Gasteiger partial charge in [-0.05, 0) is 30.3 Å². The molecule has 0 atom stereocenters. The molecule has 0 unspecified atom stereocenters. The molecule has 4 N–H and O–H groups in total. The summed E-state index contributed by atoms with van der Waals surface area (Å²) in [6, 6.07) is 10.9. The van der Waals surface area contributed by atoms with E-state index in [9.17, 15) is 4.79 Å². The second kappa shape index (κ2) is 6.90. The minimum absolute atomic E-state index is 0.272. The van der Waals surface area contributed by atoms with Gasteiger partial charge in [0.25, 0.3) is 5.91 Å². The summed E-state index contributed by atoms with van der Waals surface area (Å²) in [6.45, 7) is 0. The Morgan fingerprint density at radius 3 is 2.61 bits per heavy atom. The highest BCUT2D eigenvalue weighted by Gasteiger charge is 2.22. The van der Waals surface area contributed by atoms with Crippen molar-refractivity contribution in [2.45, 2.75) is 0 Å². The third-order valence-corrected chi connectivity index (χ3v) is 5.51. The molecule has 4 aromatic rings. The lowest BCUT2D eigenvalue weighted by atomic mass is 10.0. The number of anilines is 1. The van der Waals surface area contributed by atoms with Gasteiger partial charge in [0.1, 0.15) is 27.0 Å². The van der Waals surface area contributed by atoms with E-state index in [1.165, 1.54) is 0 Å². The summed E-state index contributed by atoms with van der Waals surface area (Å²) in [6.07, 6.45) is 1.58. The predicted octanol–water partition coefficient (Wildman–Crippen LogP) is 3.92. The first-order valence-electron chi connectivity index (χ1n) is 8.32. The van der Waals surface area contributed by atoms with Crippen LogP contribution in [0.3, 0.4) is 0 Å². The number of carbonyl (C=O) groups is 1. The van der Waals surface area contributed by atoms with Crippen molar-refractivity contribution in [1.29, 1.82) is 0 Å². The van der Waals surface area contributed by atoms with Crippen LogP contribution in [0.15, 0.2) is 47.1 Å². The van der Waals surface area contributed by atoms with E-state index in [4.69, 9.17) is 30.3 Å². The number of carbonyl (C=O) groups excluding carboxylic acids is 1. The minimum atomic E-state index is -0.588. The second-order valence-corrected chi connectivity index (χ2v) is 6.99. The Kier molecular flexibility index (Phi) is 4.40. The zero-order chi connectivity index (χ0) is 19.8.